The molecule has 0 aliphatic carbocycles. The van der Waals surface area contributed by atoms with Gasteiger partial charge in [-0.05, 0) is 49.6 Å². The zero-order chi connectivity index (χ0) is 23.2. The fourth-order valence-electron chi connectivity index (χ4n) is 3.79. The molecule has 0 aliphatic heterocycles. The van der Waals surface area contributed by atoms with Crippen molar-refractivity contribution in [3.63, 3.8) is 0 Å². The molecule has 2 aromatic heterocycles. The number of benzene rings is 2. The summed E-state index contributed by atoms with van der Waals surface area (Å²) in [6.07, 6.45) is 2.99. The molecule has 4 aromatic rings. The first-order chi connectivity index (χ1) is 16.0. The van der Waals surface area contributed by atoms with Gasteiger partial charge in [0, 0.05) is 12.6 Å². The molecule has 0 saturated carbocycles. The Labute approximate surface area is 194 Å². The quantitative estimate of drug-likeness (QED) is 0.366. The van der Waals surface area contributed by atoms with E-state index in [-0.39, 0.29) is 17.6 Å². The largest absolute Gasteiger partial charge is 0.467 e. The van der Waals surface area contributed by atoms with Crippen LogP contribution in [-0.4, -0.2) is 15.8 Å². The van der Waals surface area contributed by atoms with Crippen LogP contribution in [0.25, 0.3) is 0 Å². The number of amides is 1. The molecule has 4 rings (SSSR count). The Morgan fingerprint density at radius 1 is 1.03 bits per heavy atom. The molecule has 0 aliphatic rings. The minimum Gasteiger partial charge on any atom is -0.467 e. The average Bonchev–Trinajstić information content (AvgIpc) is 3.52. The third-order valence-electron chi connectivity index (χ3n) is 5.83. The SMILES string of the molecule is Cc1ccc(C)c(CN(Cc2nc(C(=O)NCc3ccco3)co2)[C@H](C)c2ccccc2)c1. The highest BCUT2D eigenvalue weighted by molar-refractivity contribution is 5.91. The molecule has 0 radical (unpaired) electrons. The number of oxazole rings is 1. The number of furan rings is 1. The number of carbonyl (C=O) groups is 1. The minimum absolute atomic E-state index is 0.134. The van der Waals surface area contributed by atoms with Gasteiger partial charge in [-0.2, -0.15) is 0 Å². The summed E-state index contributed by atoms with van der Waals surface area (Å²) in [5.41, 5.74) is 5.22. The topological polar surface area (TPSA) is 71.5 Å². The molecule has 0 bridgehead atoms. The van der Waals surface area contributed by atoms with Crippen molar-refractivity contribution in [2.45, 2.75) is 46.4 Å². The van der Waals surface area contributed by atoms with E-state index in [2.05, 4.69) is 78.4 Å². The Kier molecular flexibility index (Phi) is 7.05. The molecule has 1 amide bonds. The predicted octanol–water partition coefficient (Wildman–Crippen LogP) is 5.58. The van der Waals surface area contributed by atoms with Gasteiger partial charge in [0.05, 0.1) is 19.4 Å². The van der Waals surface area contributed by atoms with E-state index in [1.807, 2.05) is 12.1 Å². The molecule has 6 heteroatoms. The van der Waals surface area contributed by atoms with E-state index in [1.165, 1.54) is 28.5 Å². The first-order valence-electron chi connectivity index (χ1n) is 11.1. The van der Waals surface area contributed by atoms with Crippen molar-refractivity contribution in [3.8, 4) is 0 Å². The van der Waals surface area contributed by atoms with Gasteiger partial charge in [-0.3, -0.25) is 9.69 Å². The molecule has 1 N–H and O–H groups in total. The van der Waals surface area contributed by atoms with E-state index in [0.29, 0.717) is 24.7 Å². The molecular weight excluding hydrogens is 414 g/mol. The second-order valence-corrected chi connectivity index (χ2v) is 8.31. The van der Waals surface area contributed by atoms with Crippen LogP contribution in [0.5, 0.6) is 0 Å². The number of rotatable bonds is 9. The Morgan fingerprint density at radius 3 is 2.61 bits per heavy atom. The molecule has 6 nitrogen and oxygen atoms in total. The van der Waals surface area contributed by atoms with Gasteiger partial charge in [0.25, 0.3) is 5.91 Å². The highest BCUT2D eigenvalue weighted by atomic mass is 16.3. The maximum atomic E-state index is 12.5. The van der Waals surface area contributed by atoms with Crippen molar-refractivity contribution >= 4 is 5.91 Å². The second kappa shape index (κ2) is 10.3. The van der Waals surface area contributed by atoms with Crippen molar-refractivity contribution in [1.29, 1.82) is 0 Å². The van der Waals surface area contributed by atoms with Crippen molar-refractivity contribution in [3.05, 3.63) is 113 Å². The van der Waals surface area contributed by atoms with Crippen LogP contribution in [0.3, 0.4) is 0 Å². The highest BCUT2D eigenvalue weighted by Gasteiger charge is 2.21. The second-order valence-electron chi connectivity index (χ2n) is 8.31. The summed E-state index contributed by atoms with van der Waals surface area (Å²) in [6, 6.07) is 20.6. The highest BCUT2D eigenvalue weighted by Crippen LogP contribution is 2.26. The van der Waals surface area contributed by atoms with Crippen LogP contribution < -0.4 is 5.32 Å². The number of carbonyl (C=O) groups excluding carboxylic acids is 1. The van der Waals surface area contributed by atoms with Crippen molar-refractivity contribution in [2.24, 2.45) is 0 Å². The van der Waals surface area contributed by atoms with Gasteiger partial charge in [-0.15, -0.1) is 0 Å². The monoisotopic (exact) mass is 443 g/mol. The Hall–Kier alpha value is -3.64. The third kappa shape index (κ3) is 5.79. The summed E-state index contributed by atoms with van der Waals surface area (Å²) in [4.78, 5) is 19.2. The molecule has 0 unspecified atom stereocenters. The lowest BCUT2D eigenvalue weighted by atomic mass is 10.0. The molecule has 0 saturated heterocycles. The van der Waals surface area contributed by atoms with Gasteiger partial charge in [0.1, 0.15) is 12.0 Å². The fourth-order valence-corrected chi connectivity index (χ4v) is 3.79. The van der Waals surface area contributed by atoms with Crippen LogP contribution in [0, 0.1) is 13.8 Å². The summed E-state index contributed by atoms with van der Waals surface area (Å²) in [5, 5.41) is 2.80. The van der Waals surface area contributed by atoms with Gasteiger partial charge in [0.2, 0.25) is 5.89 Å². The number of nitrogens with zero attached hydrogens (tertiary/aromatic N) is 2. The van der Waals surface area contributed by atoms with Crippen molar-refractivity contribution in [1.82, 2.24) is 15.2 Å². The molecule has 1 atom stereocenters. The van der Waals surface area contributed by atoms with Gasteiger partial charge in [-0.1, -0.05) is 54.1 Å². The van der Waals surface area contributed by atoms with Crippen LogP contribution in [-0.2, 0) is 19.6 Å². The Morgan fingerprint density at radius 2 is 1.85 bits per heavy atom. The number of aromatic nitrogens is 1. The van der Waals surface area contributed by atoms with Gasteiger partial charge >= 0.3 is 0 Å². The lowest BCUT2D eigenvalue weighted by Gasteiger charge is -2.29. The van der Waals surface area contributed by atoms with Crippen LogP contribution in [0.4, 0.5) is 0 Å². The molecule has 2 aromatic carbocycles. The van der Waals surface area contributed by atoms with Crippen molar-refractivity contribution in [2.75, 3.05) is 0 Å². The van der Waals surface area contributed by atoms with E-state index in [0.717, 1.165) is 6.54 Å². The zero-order valence-corrected chi connectivity index (χ0v) is 19.2. The third-order valence-corrected chi connectivity index (χ3v) is 5.83. The van der Waals surface area contributed by atoms with E-state index < -0.39 is 0 Å². The standard InChI is InChI=1S/C27H29N3O3/c1-19-11-12-20(2)23(14-19)16-30(21(3)22-8-5-4-6-9-22)17-26-29-25(18-33-26)27(31)28-15-24-10-7-13-32-24/h4-14,18,21H,15-17H2,1-3H3,(H,28,31)/t21-/m1/s1. The maximum Gasteiger partial charge on any atom is 0.273 e. The Balaban J connectivity index is 1.51. The van der Waals surface area contributed by atoms with Crippen LogP contribution in [0.15, 0.2) is 82.0 Å². The van der Waals surface area contributed by atoms with Crippen molar-refractivity contribution < 1.29 is 13.6 Å². The number of hydrogen-bond acceptors (Lipinski definition) is 5. The van der Waals surface area contributed by atoms with Gasteiger partial charge < -0.3 is 14.2 Å². The zero-order valence-electron chi connectivity index (χ0n) is 19.2. The van der Waals surface area contributed by atoms with E-state index in [9.17, 15) is 4.79 Å². The minimum atomic E-state index is -0.293. The number of nitrogens with one attached hydrogen (secondary N) is 1. The van der Waals surface area contributed by atoms with E-state index in [4.69, 9.17) is 8.83 Å². The molecule has 170 valence electrons. The summed E-state index contributed by atoms with van der Waals surface area (Å²) in [7, 11) is 0. The first kappa shape index (κ1) is 22.6. The smallest absolute Gasteiger partial charge is 0.273 e. The lowest BCUT2D eigenvalue weighted by molar-refractivity contribution is 0.0943. The lowest BCUT2D eigenvalue weighted by Crippen LogP contribution is -2.27. The summed E-state index contributed by atoms with van der Waals surface area (Å²) < 4.78 is 10.9. The Bertz CT molecular complexity index is 1180. The summed E-state index contributed by atoms with van der Waals surface area (Å²) in [6.45, 7) is 7.95. The first-order valence-corrected chi connectivity index (χ1v) is 11.1. The van der Waals surface area contributed by atoms with E-state index >= 15 is 0 Å². The predicted molar refractivity (Wildman–Crippen MR) is 126 cm³/mol. The molecule has 0 spiro atoms. The van der Waals surface area contributed by atoms with Gasteiger partial charge in [0.15, 0.2) is 5.69 Å². The normalized spacial score (nSPS) is 12.1. The average molecular weight is 444 g/mol. The van der Waals surface area contributed by atoms with E-state index in [1.54, 1.807) is 12.3 Å². The number of hydrogen-bond donors (Lipinski definition) is 1. The molecule has 33 heavy (non-hydrogen) atoms. The molecule has 0 fully saturated rings. The number of aryl methyl sites for hydroxylation is 2. The summed E-state index contributed by atoms with van der Waals surface area (Å²) in [5.74, 6) is 0.897. The van der Waals surface area contributed by atoms with Crippen LogP contribution >= 0.6 is 0 Å². The van der Waals surface area contributed by atoms with Crippen LogP contribution in [0.2, 0.25) is 0 Å². The van der Waals surface area contributed by atoms with Gasteiger partial charge in [-0.25, -0.2) is 4.98 Å². The maximum absolute atomic E-state index is 12.5. The molecule has 2 heterocycles. The van der Waals surface area contributed by atoms with Crippen LogP contribution in [0.1, 0.15) is 57.4 Å². The molecular formula is C27H29N3O3. The summed E-state index contributed by atoms with van der Waals surface area (Å²) >= 11 is 0. The fraction of sp³-hybridized carbons (Fsp3) is 0.259.